The molecule has 7 heteroatoms. The summed E-state index contributed by atoms with van der Waals surface area (Å²) in [6, 6.07) is 7.08. The first-order chi connectivity index (χ1) is 11.9. The molecule has 1 atom stereocenters. The van der Waals surface area contributed by atoms with E-state index < -0.39 is 9.84 Å². The Balaban J connectivity index is 1.82. The number of hydrogen-bond donors (Lipinski definition) is 2. The largest absolute Gasteiger partial charge is 0.357 e. The quantitative estimate of drug-likeness (QED) is 0.559. The molecule has 1 fully saturated rings. The Morgan fingerprint density at radius 3 is 2.56 bits per heavy atom. The standard InChI is InChI=1S/C18H30N4O2S/c1-4-19-18(21-13-16-10-12-22(2)14-16)20-11-9-15-5-7-17(8-6-15)25(3,23)24/h5-8,16H,4,9-14H2,1-3H3,(H2,19,20,21). The average Bonchev–Trinajstić information content (AvgIpc) is 2.98. The number of sulfone groups is 1. The van der Waals surface area contributed by atoms with E-state index in [-0.39, 0.29) is 0 Å². The number of benzene rings is 1. The Morgan fingerprint density at radius 2 is 2.00 bits per heavy atom. The van der Waals surface area contributed by atoms with Gasteiger partial charge in [0.2, 0.25) is 0 Å². The van der Waals surface area contributed by atoms with Gasteiger partial charge in [0.15, 0.2) is 15.8 Å². The second-order valence-electron chi connectivity index (χ2n) is 6.73. The summed E-state index contributed by atoms with van der Waals surface area (Å²) in [7, 11) is -0.974. The molecule has 0 aliphatic carbocycles. The summed E-state index contributed by atoms with van der Waals surface area (Å²) < 4.78 is 23.0. The van der Waals surface area contributed by atoms with Crippen LogP contribution in [-0.2, 0) is 16.3 Å². The van der Waals surface area contributed by atoms with Crippen LogP contribution in [0.25, 0.3) is 0 Å². The van der Waals surface area contributed by atoms with Gasteiger partial charge in [-0.05, 0) is 57.0 Å². The number of nitrogens with zero attached hydrogens (tertiary/aromatic N) is 2. The van der Waals surface area contributed by atoms with Crippen molar-refractivity contribution in [2.24, 2.45) is 10.9 Å². The lowest BCUT2D eigenvalue weighted by Crippen LogP contribution is -2.38. The number of aliphatic imine (C=N–C) groups is 1. The summed E-state index contributed by atoms with van der Waals surface area (Å²) in [4.78, 5) is 7.41. The smallest absolute Gasteiger partial charge is 0.191 e. The molecule has 0 radical (unpaired) electrons. The van der Waals surface area contributed by atoms with E-state index in [1.807, 2.05) is 12.1 Å². The van der Waals surface area contributed by atoms with Gasteiger partial charge < -0.3 is 15.5 Å². The molecule has 2 N–H and O–H groups in total. The number of guanidine groups is 1. The minimum atomic E-state index is -3.13. The predicted octanol–water partition coefficient (Wildman–Crippen LogP) is 1.14. The van der Waals surface area contributed by atoms with Crippen LogP contribution in [0.1, 0.15) is 18.9 Å². The Morgan fingerprint density at radius 1 is 1.28 bits per heavy atom. The number of rotatable bonds is 7. The van der Waals surface area contributed by atoms with Crippen molar-refractivity contribution in [2.45, 2.75) is 24.7 Å². The summed E-state index contributed by atoms with van der Waals surface area (Å²) >= 11 is 0. The molecule has 0 aromatic heterocycles. The molecule has 1 aliphatic heterocycles. The SMILES string of the molecule is CCNC(=NCC1CCN(C)C1)NCCc1ccc(S(C)(=O)=O)cc1. The fourth-order valence-corrected chi connectivity index (χ4v) is 3.60. The third kappa shape index (κ3) is 6.66. The van der Waals surface area contributed by atoms with Crippen molar-refractivity contribution in [3.63, 3.8) is 0 Å². The molecule has 1 aromatic carbocycles. The van der Waals surface area contributed by atoms with Crippen LogP contribution in [0, 0.1) is 5.92 Å². The topological polar surface area (TPSA) is 73.8 Å². The molecule has 1 aromatic rings. The highest BCUT2D eigenvalue weighted by Gasteiger charge is 2.18. The van der Waals surface area contributed by atoms with E-state index in [0.717, 1.165) is 50.7 Å². The Kier molecular flexibility index (Phi) is 7.25. The van der Waals surface area contributed by atoms with Crippen LogP contribution in [0.4, 0.5) is 0 Å². The zero-order chi connectivity index (χ0) is 18.3. The molecule has 2 rings (SSSR count). The van der Waals surface area contributed by atoms with E-state index in [1.165, 1.54) is 12.7 Å². The second kappa shape index (κ2) is 9.20. The predicted molar refractivity (Wildman–Crippen MR) is 103 cm³/mol. The van der Waals surface area contributed by atoms with E-state index in [2.05, 4.69) is 29.5 Å². The van der Waals surface area contributed by atoms with E-state index in [0.29, 0.717) is 10.8 Å². The van der Waals surface area contributed by atoms with Crippen LogP contribution in [-0.4, -0.2) is 65.3 Å². The van der Waals surface area contributed by atoms with Crippen molar-refractivity contribution in [3.8, 4) is 0 Å². The Labute approximate surface area is 151 Å². The van der Waals surface area contributed by atoms with Gasteiger partial charge in [0, 0.05) is 32.4 Å². The van der Waals surface area contributed by atoms with Crippen molar-refractivity contribution in [1.29, 1.82) is 0 Å². The van der Waals surface area contributed by atoms with Crippen LogP contribution >= 0.6 is 0 Å². The molecule has 0 saturated carbocycles. The van der Waals surface area contributed by atoms with Gasteiger partial charge in [-0.3, -0.25) is 4.99 Å². The fourth-order valence-electron chi connectivity index (χ4n) is 2.97. The number of likely N-dealkylation sites (tertiary alicyclic amines) is 1. The van der Waals surface area contributed by atoms with Gasteiger partial charge in [0.05, 0.1) is 4.90 Å². The van der Waals surface area contributed by atoms with Crippen LogP contribution in [0.2, 0.25) is 0 Å². The molecule has 1 aliphatic rings. The highest BCUT2D eigenvalue weighted by Crippen LogP contribution is 2.14. The summed E-state index contributed by atoms with van der Waals surface area (Å²) in [5.41, 5.74) is 1.10. The van der Waals surface area contributed by atoms with Crippen molar-refractivity contribution >= 4 is 15.8 Å². The molecule has 0 spiro atoms. The first-order valence-electron chi connectivity index (χ1n) is 8.88. The minimum Gasteiger partial charge on any atom is -0.357 e. The molecule has 0 amide bonds. The number of nitrogens with one attached hydrogen (secondary N) is 2. The molecule has 6 nitrogen and oxygen atoms in total. The highest BCUT2D eigenvalue weighted by molar-refractivity contribution is 7.90. The first-order valence-corrected chi connectivity index (χ1v) is 10.8. The maximum atomic E-state index is 11.5. The van der Waals surface area contributed by atoms with Gasteiger partial charge in [-0.25, -0.2) is 8.42 Å². The van der Waals surface area contributed by atoms with Crippen molar-refractivity contribution < 1.29 is 8.42 Å². The lowest BCUT2D eigenvalue weighted by Gasteiger charge is -2.13. The van der Waals surface area contributed by atoms with Gasteiger partial charge in [-0.15, -0.1) is 0 Å². The van der Waals surface area contributed by atoms with Gasteiger partial charge in [0.25, 0.3) is 0 Å². The summed E-state index contributed by atoms with van der Waals surface area (Å²) in [6.45, 7) is 6.78. The Bertz CT molecular complexity index is 671. The van der Waals surface area contributed by atoms with Crippen LogP contribution in [0.15, 0.2) is 34.2 Å². The lowest BCUT2D eigenvalue weighted by molar-refractivity contribution is 0.397. The van der Waals surface area contributed by atoms with E-state index in [1.54, 1.807) is 12.1 Å². The summed E-state index contributed by atoms with van der Waals surface area (Å²) in [5, 5.41) is 6.64. The van der Waals surface area contributed by atoms with Crippen LogP contribution in [0.3, 0.4) is 0 Å². The molecule has 0 bridgehead atoms. The van der Waals surface area contributed by atoms with Crippen molar-refractivity contribution in [2.75, 3.05) is 46.0 Å². The van der Waals surface area contributed by atoms with Crippen molar-refractivity contribution in [1.82, 2.24) is 15.5 Å². The van der Waals surface area contributed by atoms with Crippen molar-refractivity contribution in [3.05, 3.63) is 29.8 Å². The third-order valence-electron chi connectivity index (χ3n) is 4.40. The monoisotopic (exact) mass is 366 g/mol. The summed E-state index contributed by atoms with van der Waals surface area (Å²) in [6.07, 6.45) is 3.26. The average molecular weight is 367 g/mol. The molecule has 1 heterocycles. The third-order valence-corrected chi connectivity index (χ3v) is 5.53. The number of hydrogen-bond acceptors (Lipinski definition) is 4. The molecular formula is C18H30N4O2S. The van der Waals surface area contributed by atoms with Crippen LogP contribution in [0.5, 0.6) is 0 Å². The highest BCUT2D eigenvalue weighted by atomic mass is 32.2. The van der Waals surface area contributed by atoms with Gasteiger partial charge in [-0.2, -0.15) is 0 Å². The molecule has 25 heavy (non-hydrogen) atoms. The van der Waals surface area contributed by atoms with E-state index in [4.69, 9.17) is 4.99 Å². The van der Waals surface area contributed by atoms with E-state index >= 15 is 0 Å². The van der Waals surface area contributed by atoms with Gasteiger partial charge in [0.1, 0.15) is 0 Å². The molecular weight excluding hydrogens is 336 g/mol. The second-order valence-corrected chi connectivity index (χ2v) is 8.75. The first kappa shape index (κ1) is 19.7. The lowest BCUT2D eigenvalue weighted by atomic mass is 10.1. The van der Waals surface area contributed by atoms with Crippen LogP contribution < -0.4 is 10.6 Å². The zero-order valence-electron chi connectivity index (χ0n) is 15.5. The molecule has 1 saturated heterocycles. The molecule has 140 valence electrons. The Hall–Kier alpha value is -1.60. The fraction of sp³-hybridized carbons (Fsp3) is 0.611. The molecule has 1 unspecified atom stereocenters. The van der Waals surface area contributed by atoms with Gasteiger partial charge in [-0.1, -0.05) is 12.1 Å². The summed E-state index contributed by atoms with van der Waals surface area (Å²) in [5.74, 6) is 1.49. The zero-order valence-corrected chi connectivity index (χ0v) is 16.3. The maximum Gasteiger partial charge on any atom is 0.191 e. The normalized spacial score (nSPS) is 19.2. The van der Waals surface area contributed by atoms with E-state index in [9.17, 15) is 8.42 Å². The van der Waals surface area contributed by atoms with Gasteiger partial charge >= 0.3 is 0 Å². The minimum absolute atomic E-state index is 0.362. The maximum absolute atomic E-state index is 11.5.